The van der Waals surface area contributed by atoms with Gasteiger partial charge in [-0.3, -0.25) is 0 Å². The molecule has 1 aromatic rings. The van der Waals surface area contributed by atoms with E-state index in [0.717, 1.165) is 12.8 Å². The molecule has 3 heteroatoms. The second-order valence-corrected chi connectivity index (χ2v) is 8.01. The average molecular weight is 369 g/mol. The van der Waals surface area contributed by atoms with Gasteiger partial charge in [-0.25, -0.2) is 0 Å². The zero-order valence-corrected chi connectivity index (χ0v) is 19.0. The van der Waals surface area contributed by atoms with Gasteiger partial charge in [-0.2, -0.15) is 0 Å². The van der Waals surface area contributed by atoms with Crippen molar-refractivity contribution in [2.75, 3.05) is 0 Å². The van der Waals surface area contributed by atoms with Crippen LogP contribution in [0.5, 0.6) is 0 Å². The third-order valence-electron chi connectivity index (χ3n) is 3.60. The topological polar surface area (TPSA) is 25.8 Å². The van der Waals surface area contributed by atoms with Crippen LogP contribution in [0, 0.1) is 0 Å². The molecule has 0 aliphatic heterocycles. The van der Waals surface area contributed by atoms with Crippen molar-refractivity contribution in [1.29, 1.82) is 0 Å². The molecular formula is C16H30N2Sn. The predicted molar refractivity (Wildman–Crippen MR) is 87.4 cm³/mol. The van der Waals surface area contributed by atoms with Crippen LogP contribution in [0.25, 0.3) is 0 Å². The van der Waals surface area contributed by atoms with Crippen LogP contribution >= 0.6 is 0 Å². The van der Waals surface area contributed by atoms with Crippen LogP contribution < -0.4 is 3.84 Å². The van der Waals surface area contributed by atoms with Crippen LogP contribution in [0.4, 0.5) is 0 Å². The van der Waals surface area contributed by atoms with Gasteiger partial charge in [-0.05, 0) is 0 Å². The van der Waals surface area contributed by atoms with E-state index in [9.17, 15) is 0 Å². The summed E-state index contributed by atoms with van der Waals surface area (Å²) in [7, 11) is 0. The molecule has 0 N–H and O–H groups in total. The van der Waals surface area contributed by atoms with Gasteiger partial charge in [0.05, 0.1) is 0 Å². The van der Waals surface area contributed by atoms with Gasteiger partial charge in [-0.1, -0.05) is 0 Å². The molecule has 0 aliphatic carbocycles. The first kappa shape index (κ1) is 16.9. The Bertz CT molecular complexity index is 348. The molecule has 1 heterocycles. The molecule has 0 unspecified atom stereocenters. The maximum atomic E-state index is 4.81. The number of aryl methyl sites for hydroxylation is 2. The molecule has 1 rings (SSSR count). The Labute approximate surface area is 131 Å². The third-order valence-corrected chi connectivity index (χ3v) is 4.88. The molecule has 0 fully saturated rings. The van der Waals surface area contributed by atoms with E-state index in [4.69, 9.17) is 9.97 Å². The summed E-state index contributed by atoms with van der Waals surface area (Å²) in [6.07, 6.45) is 11.1. The van der Waals surface area contributed by atoms with Crippen molar-refractivity contribution in [3.8, 4) is 0 Å². The number of hydrogen-bond donors (Lipinski definition) is 0. The molecule has 0 atom stereocenters. The van der Waals surface area contributed by atoms with Crippen molar-refractivity contribution in [3.05, 3.63) is 17.0 Å². The fraction of sp³-hybridized carbons (Fsp3) is 0.750. The monoisotopic (exact) mass is 370 g/mol. The molecule has 0 bridgehead atoms. The Morgan fingerprint density at radius 3 is 1.58 bits per heavy atom. The first-order valence-electron chi connectivity index (χ1n) is 8.08. The quantitative estimate of drug-likeness (QED) is 0.626. The summed E-state index contributed by atoms with van der Waals surface area (Å²) in [6.45, 7) is 6.79. The summed E-state index contributed by atoms with van der Waals surface area (Å²) in [5.41, 5.74) is 4.26. The number of unbranched alkanes of at least 4 members (excludes halogenated alkanes) is 3. The van der Waals surface area contributed by atoms with Gasteiger partial charge < -0.3 is 0 Å². The maximum absolute atomic E-state index is 4.81. The Kier molecular flexibility index (Phi) is 8.67. The van der Waals surface area contributed by atoms with E-state index < -0.39 is 0 Å². The zero-order valence-electron chi connectivity index (χ0n) is 13.3. The van der Waals surface area contributed by atoms with Crippen LogP contribution in [-0.4, -0.2) is 32.5 Å². The minimum absolute atomic E-state index is 0.423. The second kappa shape index (κ2) is 9.73. The van der Waals surface area contributed by atoms with Crippen LogP contribution in [0.1, 0.15) is 76.2 Å². The fourth-order valence-corrected chi connectivity index (χ4v) is 4.00. The number of hydrogen-bond acceptors (Lipinski definition) is 2. The molecule has 0 spiro atoms. The summed E-state index contributed by atoms with van der Waals surface area (Å²) in [6, 6.07) is 0. The first-order valence-corrected chi connectivity index (χ1v) is 10.9. The molecule has 2 nitrogen and oxygen atoms in total. The number of rotatable bonds is 9. The Balaban J connectivity index is 2.99. The standard InChI is InChI=1S/C16H27N2.Sn.3H/c1-4-7-10-14-15(11-8-5-2)17-13-18-16(14)12-9-6-3;;;;/h4-12H2,1-3H3;;;;. The van der Waals surface area contributed by atoms with E-state index >= 15 is 0 Å². The molecule has 108 valence electrons. The van der Waals surface area contributed by atoms with Crippen LogP contribution in [0.3, 0.4) is 0 Å². The van der Waals surface area contributed by atoms with E-state index in [-0.39, 0.29) is 0 Å². The van der Waals surface area contributed by atoms with Gasteiger partial charge in [0.1, 0.15) is 0 Å². The van der Waals surface area contributed by atoms with Gasteiger partial charge >= 0.3 is 132 Å². The van der Waals surface area contributed by atoms with Crippen molar-refractivity contribution in [2.45, 2.75) is 78.6 Å². The van der Waals surface area contributed by atoms with Crippen molar-refractivity contribution >= 4 is 26.4 Å². The van der Waals surface area contributed by atoms with E-state index in [2.05, 4.69) is 20.8 Å². The average Bonchev–Trinajstić information content (AvgIpc) is 2.41. The van der Waals surface area contributed by atoms with E-state index in [1.54, 1.807) is 0 Å². The summed E-state index contributed by atoms with van der Waals surface area (Å²) in [5, 5.41) is 0. The zero-order chi connectivity index (χ0) is 14.1. The van der Waals surface area contributed by atoms with Gasteiger partial charge in [0, 0.05) is 0 Å². The third kappa shape index (κ3) is 5.80. The first-order chi connectivity index (χ1) is 9.22. The van der Waals surface area contributed by atoms with Gasteiger partial charge in [-0.15, -0.1) is 0 Å². The number of aromatic nitrogens is 2. The molecular weight excluding hydrogens is 339 g/mol. The SMILES string of the molecule is CCCCc1n[c]([SnH3])nc(CCCC)c1CCCC. The van der Waals surface area contributed by atoms with E-state index in [1.807, 2.05) is 0 Å². The van der Waals surface area contributed by atoms with Crippen molar-refractivity contribution < 1.29 is 0 Å². The Morgan fingerprint density at radius 2 is 1.16 bits per heavy atom. The van der Waals surface area contributed by atoms with Crippen LogP contribution in [0.2, 0.25) is 0 Å². The molecule has 0 saturated heterocycles. The summed E-state index contributed by atoms with van der Waals surface area (Å²) in [4.78, 5) is 9.63. The normalized spacial score (nSPS) is 11.1. The second-order valence-electron chi connectivity index (χ2n) is 5.45. The predicted octanol–water partition coefficient (Wildman–Crippen LogP) is 2.50. The Morgan fingerprint density at radius 1 is 0.737 bits per heavy atom. The molecule has 0 aromatic carbocycles. The van der Waals surface area contributed by atoms with E-state index in [0.29, 0.717) is 22.5 Å². The van der Waals surface area contributed by atoms with Gasteiger partial charge in [0.15, 0.2) is 0 Å². The summed E-state index contributed by atoms with van der Waals surface area (Å²) in [5.74, 6) is 0. The molecule has 0 amide bonds. The molecule has 0 radical (unpaired) electrons. The van der Waals surface area contributed by atoms with Gasteiger partial charge in [0.25, 0.3) is 0 Å². The summed E-state index contributed by atoms with van der Waals surface area (Å²) < 4.78 is 1.17. The number of nitrogens with zero attached hydrogens (tertiary/aromatic N) is 2. The van der Waals surface area contributed by atoms with Crippen LogP contribution in [-0.2, 0) is 19.3 Å². The molecule has 0 saturated carbocycles. The molecule has 1 aromatic heterocycles. The molecule has 0 aliphatic rings. The minimum atomic E-state index is 0.423. The Hall–Kier alpha value is -0.121. The van der Waals surface area contributed by atoms with Crippen molar-refractivity contribution in [3.63, 3.8) is 0 Å². The fourth-order valence-electron chi connectivity index (χ4n) is 2.46. The van der Waals surface area contributed by atoms with Gasteiger partial charge in [0.2, 0.25) is 0 Å². The molecule has 19 heavy (non-hydrogen) atoms. The van der Waals surface area contributed by atoms with Crippen molar-refractivity contribution in [1.82, 2.24) is 9.97 Å². The van der Waals surface area contributed by atoms with Crippen LogP contribution in [0.15, 0.2) is 0 Å². The summed E-state index contributed by atoms with van der Waals surface area (Å²) >= 11 is 0.423. The van der Waals surface area contributed by atoms with Crippen molar-refractivity contribution in [2.24, 2.45) is 0 Å². The van der Waals surface area contributed by atoms with E-state index in [1.165, 1.54) is 65.7 Å².